The highest BCUT2D eigenvalue weighted by atomic mass is 16.5. The van der Waals surface area contributed by atoms with Crippen molar-refractivity contribution in [2.24, 2.45) is 11.1 Å². The van der Waals surface area contributed by atoms with E-state index >= 15 is 0 Å². The van der Waals surface area contributed by atoms with Crippen molar-refractivity contribution in [1.29, 1.82) is 0 Å². The maximum Gasteiger partial charge on any atom is 0.244 e. The van der Waals surface area contributed by atoms with Crippen molar-refractivity contribution >= 4 is 11.8 Å². The van der Waals surface area contributed by atoms with Gasteiger partial charge >= 0.3 is 0 Å². The Labute approximate surface area is 126 Å². The first-order chi connectivity index (χ1) is 9.79. The van der Waals surface area contributed by atoms with Gasteiger partial charge in [0.15, 0.2) is 0 Å². The second-order valence-electron chi connectivity index (χ2n) is 6.61. The molecule has 2 amide bonds. The van der Waals surface area contributed by atoms with Crippen molar-refractivity contribution in [2.45, 2.75) is 57.7 Å². The van der Waals surface area contributed by atoms with Crippen LogP contribution in [0.15, 0.2) is 0 Å². The van der Waals surface area contributed by atoms with Crippen LogP contribution in [0.25, 0.3) is 0 Å². The summed E-state index contributed by atoms with van der Waals surface area (Å²) >= 11 is 0. The minimum absolute atomic E-state index is 0.00231. The molecule has 120 valence electrons. The van der Waals surface area contributed by atoms with Crippen LogP contribution in [0.2, 0.25) is 0 Å². The summed E-state index contributed by atoms with van der Waals surface area (Å²) in [4.78, 5) is 26.5. The highest BCUT2D eigenvalue weighted by Crippen LogP contribution is 2.51. The summed E-state index contributed by atoms with van der Waals surface area (Å²) in [6.07, 6.45) is 2.06. The average Bonchev–Trinajstić information content (AvgIpc) is 2.94. The Morgan fingerprint density at radius 1 is 1.43 bits per heavy atom. The Balaban J connectivity index is 2.15. The number of nitrogens with one attached hydrogen (secondary N) is 1. The quantitative estimate of drug-likeness (QED) is 0.779. The van der Waals surface area contributed by atoms with E-state index in [0.29, 0.717) is 26.0 Å². The fourth-order valence-electron chi connectivity index (χ4n) is 3.50. The number of carbonyl (C=O) groups excluding carboxylic acids is 2. The van der Waals surface area contributed by atoms with Gasteiger partial charge < -0.3 is 20.7 Å². The third kappa shape index (κ3) is 2.34. The summed E-state index contributed by atoms with van der Waals surface area (Å²) in [6.45, 7) is 7.10. The summed E-state index contributed by atoms with van der Waals surface area (Å²) in [5, 5.41) is 2.63. The summed E-state index contributed by atoms with van der Waals surface area (Å²) < 4.78 is 5.67. The van der Waals surface area contributed by atoms with E-state index < -0.39 is 11.0 Å². The Hall–Kier alpha value is -1.14. The van der Waals surface area contributed by atoms with E-state index in [1.165, 1.54) is 0 Å². The summed E-state index contributed by atoms with van der Waals surface area (Å²) in [5.74, 6) is -0.225. The minimum atomic E-state index is -0.941. The number of nitrogens with zero attached hydrogens (tertiary/aromatic N) is 1. The molecule has 6 nitrogen and oxygen atoms in total. The molecule has 6 heteroatoms. The number of ether oxygens (including phenoxy) is 1. The van der Waals surface area contributed by atoms with Crippen molar-refractivity contribution in [1.82, 2.24) is 10.2 Å². The van der Waals surface area contributed by atoms with Gasteiger partial charge in [-0.2, -0.15) is 0 Å². The molecule has 2 aliphatic rings. The van der Waals surface area contributed by atoms with E-state index in [1.54, 1.807) is 11.9 Å². The van der Waals surface area contributed by atoms with E-state index in [1.807, 2.05) is 20.8 Å². The number of hydrogen-bond donors (Lipinski definition) is 2. The van der Waals surface area contributed by atoms with Crippen LogP contribution >= 0.6 is 0 Å². The number of likely N-dealkylation sites (N-methyl/N-ethyl adjacent to an activating group) is 1. The van der Waals surface area contributed by atoms with E-state index in [9.17, 15) is 9.59 Å². The maximum atomic E-state index is 12.9. The number of amides is 2. The van der Waals surface area contributed by atoms with Crippen molar-refractivity contribution in [3.63, 3.8) is 0 Å². The van der Waals surface area contributed by atoms with Gasteiger partial charge in [0.05, 0.1) is 6.10 Å². The zero-order chi connectivity index (χ0) is 15.8. The number of rotatable bonds is 4. The van der Waals surface area contributed by atoms with E-state index in [-0.39, 0.29) is 24.0 Å². The monoisotopic (exact) mass is 297 g/mol. The van der Waals surface area contributed by atoms with Gasteiger partial charge in [0.25, 0.3) is 0 Å². The van der Waals surface area contributed by atoms with Crippen LogP contribution in [0.5, 0.6) is 0 Å². The molecule has 0 aromatic carbocycles. The SMILES string of the molecule is CCOC1CC(N)(C(=O)N2CCCC2C(=O)NC)C1(C)C. The van der Waals surface area contributed by atoms with Gasteiger partial charge in [-0.3, -0.25) is 9.59 Å². The lowest BCUT2D eigenvalue weighted by Crippen LogP contribution is -2.76. The molecule has 1 saturated heterocycles. The molecule has 0 radical (unpaired) electrons. The third-order valence-electron chi connectivity index (χ3n) is 5.27. The molecule has 1 saturated carbocycles. The molecule has 2 rings (SSSR count). The van der Waals surface area contributed by atoms with Crippen LogP contribution in [-0.2, 0) is 14.3 Å². The summed E-state index contributed by atoms with van der Waals surface area (Å²) in [6, 6.07) is -0.384. The van der Waals surface area contributed by atoms with Gasteiger partial charge in [-0.15, -0.1) is 0 Å². The summed E-state index contributed by atoms with van der Waals surface area (Å²) in [5.41, 5.74) is 5.06. The summed E-state index contributed by atoms with van der Waals surface area (Å²) in [7, 11) is 1.60. The highest BCUT2D eigenvalue weighted by Gasteiger charge is 2.64. The fourth-order valence-corrected chi connectivity index (χ4v) is 3.50. The molecular weight excluding hydrogens is 270 g/mol. The molecule has 1 heterocycles. The Kier molecular flexibility index (Phi) is 4.31. The Bertz CT molecular complexity index is 438. The second-order valence-corrected chi connectivity index (χ2v) is 6.61. The van der Waals surface area contributed by atoms with Gasteiger partial charge in [-0.25, -0.2) is 0 Å². The molecule has 1 aliphatic heterocycles. The minimum Gasteiger partial charge on any atom is -0.378 e. The van der Waals surface area contributed by atoms with E-state index in [0.717, 1.165) is 6.42 Å². The lowest BCUT2D eigenvalue weighted by molar-refractivity contribution is -0.180. The van der Waals surface area contributed by atoms with Gasteiger partial charge in [-0.05, 0) is 19.8 Å². The topological polar surface area (TPSA) is 84.7 Å². The molecule has 3 atom stereocenters. The standard InChI is InChI=1S/C15H27N3O3/c1-5-21-11-9-15(16,14(11,2)3)13(20)18-8-6-7-10(18)12(19)17-4/h10-11H,5-9,16H2,1-4H3,(H,17,19). The third-order valence-corrected chi connectivity index (χ3v) is 5.27. The molecule has 21 heavy (non-hydrogen) atoms. The molecule has 0 aromatic rings. The number of carbonyl (C=O) groups is 2. The first kappa shape index (κ1) is 16.2. The zero-order valence-electron chi connectivity index (χ0n) is 13.4. The van der Waals surface area contributed by atoms with E-state index in [4.69, 9.17) is 10.5 Å². The van der Waals surface area contributed by atoms with Crippen molar-refractivity contribution in [3.05, 3.63) is 0 Å². The van der Waals surface area contributed by atoms with Crippen LogP contribution in [0.3, 0.4) is 0 Å². The van der Waals surface area contributed by atoms with Crippen LogP contribution in [0, 0.1) is 5.41 Å². The molecule has 3 N–H and O–H groups in total. The largest absolute Gasteiger partial charge is 0.378 e. The highest BCUT2D eigenvalue weighted by molar-refractivity contribution is 5.94. The molecule has 1 aliphatic carbocycles. The molecule has 2 fully saturated rings. The maximum absolute atomic E-state index is 12.9. The molecular formula is C15H27N3O3. The van der Waals surface area contributed by atoms with Crippen molar-refractivity contribution < 1.29 is 14.3 Å². The van der Waals surface area contributed by atoms with Crippen LogP contribution in [0.1, 0.15) is 40.0 Å². The smallest absolute Gasteiger partial charge is 0.244 e. The molecule has 0 bridgehead atoms. The molecule has 3 unspecified atom stereocenters. The lowest BCUT2D eigenvalue weighted by atomic mass is 9.54. The van der Waals surface area contributed by atoms with Crippen LogP contribution < -0.4 is 11.1 Å². The van der Waals surface area contributed by atoms with Gasteiger partial charge in [0, 0.05) is 32.0 Å². The molecule has 0 aromatic heterocycles. The normalized spacial score (nSPS) is 34.4. The number of hydrogen-bond acceptors (Lipinski definition) is 4. The Morgan fingerprint density at radius 3 is 2.62 bits per heavy atom. The van der Waals surface area contributed by atoms with Crippen LogP contribution in [0.4, 0.5) is 0 Å². The van der Waals surface area contributed by atoms with E-state index in [2.05, 4.69) is 5.32 Å². The average molecular weight is 297 g/mol. The predicted octanol–water partition coefficient (Wildman–Crippen LogP) is 0.256. The zero-order valence-corrected chi connectivity index (χ0v) is 13.4. The number of nitrogens with two attached hydrogens (primary N) is 1. The van der Waals surface area contributed by atoms with Gasteiger partial charge in [-0.1, -0.05) is 13.8 Å². The van der Waals surface area contributed by atoms with Crippen molar-refractivity contribution in [3.8, 4) is 0 Å². The van der Waals surface area contributed by atoms with Crippen molar-refractivity contribution in [2.75, 3.05) is 20.2 Å². The van der Waals surface area contributed by atoms with Crippen LogP contribution in [-0.4, -0.2) is 54.6 Å². The first-order valence-corrected chi connectivity index (χ1v) is 7.72. The fraction of sp³-hybridized carbons (Fsp3) is 0.867. The predicted molar refractivity (Wildman–Crippen MR) is 79.5 cm³/mol. The lowest BCUT2D eigenvalue weighted by Gasteiger charge is -2.58. The number of likely N-dealkylation sites (tertiary alicyclic amines) is 1. The Morgan fingerprint density at radius 2 is 2.10 bits per heavy atom. The van der Waals surface area contributed by atoms with Gasteiger partial charge in [0.1, 0.15) is 11.6 Å². The second kappa shape index (κ2) is 5.57. The molecule has 0 spiro atoms. The first-order valence-electron chi connectivity index (χ1n) is 7.72. The van der Waals surface area contributed by atoms with Gasteiger partial charge in [0.2, 0.25) is 11.8 Å².